The third-order valence-electron chi connectivity index (χ3n) is 2.73. The summed E-state index contributed by atoms with van der Waals surface area (Å²) in [6.07, 6.45) is 0. The highest BCUT2D eigenvalue weighted by atomic mass is 32.2. The zero-order chi connectivity index (χ0) is 15.8. The van der Waals surface area contributed by atoms with Crippen LogP contribution in [0.1, 0.15) is 19.4 Å². The van der Waals surface area contributed by atoms with E-state index in [1.54, 1.807) is 0 Å². The second kappa shape index (κ2) is 8.75. The minimum absolute atomic E-state index is 0.0349. The minimum atomic E-state index is 0.0349. The topological polar surface area (TPSA) is 66.9 Å². The molecule has 1 amide bonds. The van der Waals surface area contributed by atoms with Crippen LogP contribution < -0.4 is 10.6 Å². The van der Waals surface area contributed by atoms with Gasteiger partial charge in [-0.15, -0.1) is 10.2 Å². The lowest BCUT2D eigenvalue weighted by molar-refractivity contribution is -0.118. The number of carbonyl (C=O) groups excluding carboxylic acids is 1. The van der Waals surface area contributed by atoms with E-state index in [-0.39, 0.29) is 5.91 Å². The normalized spacial score (nSPS) is 10.7. The molecule has 0 atom stereocenters. The van der Waals surface area contributed by atoms with Gasteiger partial charge >= 0.3 is 0 Å². The molecule has 5 nitrogen and oxygen atoms in total. The second-order valence-electron chi connectivity index (χ2n) is 5.20. The van der Waals surface area contributed by atoms with Gasteiger partial charge in [0.2, 0.25) is 11.0 Å². The molecule has 0 aliphatic heterocycles. The Labute approximate surface area is 138 Å². The van der Waals surface area contributed by atoms with Crippen LogP contribution in [0.5, 0.6) is 0 Å². The molecule has 0 unspecified atom stereocenters. The van der Waals surface area contributed by atoms with Gasteiger partial charge in [-0.1, -0.05) is 67.3 Å². The largest absolute Gasteiger partial charge is 0.356 e. The van der Waals surface area contributed by atoms with E-state index in [0.717, 1.165) is 16.0 Å². The van der Waals surface area contributed by atoms with Crippen molar-refractivity contribution < 1.29 is 4.79 Å². The van der Waals surface area contributed by atoms with Crippen LogP contribution in [0.4, 0.5) is 5.13 Å². The van der Waals surface area contributed by atoms with Crippen molar-refractivity contribution in [3.8, 4) is 0 Å². The first-order valence-corrected chi connectivity index (χ1v) is 8.94. The van der Waals surface area contributed by atoms with Crippen LogP contribution in [0.3, 0.4) is 0 Å². The van der Waals surface area contributed by atoms with Gasteiger partial charge in [0.15, 0.2) is 4.34 Å². The molecule has 7 heteroatoms. The van der Waals surface area contributed by atoms with Crippen LogP contribution in [-0.2, 0) is 11.3 Å². The van der Waals surface area contributed by atoms with E-state index < -0.39 is 0 Å². The van der Waals surface area contributed by atoms with Gasteiger partial charge in [0.05, 0.1) is 5.75 Å². The molecule has 2 aromatic rings. The Hall–Kier alpha value is -1.60. The third-order valence-corrected chi connectivity index (χ3v) is 4.74. The van der Waals surface area contributed by atoms with E-state index in [1.807, 2.05) is 18.2 Å². The van der Waals surface area contributed by atoms with E-state index in [1.165, 1.54) is 28.7 Å². The van der Waals surface area contributed by atoms with Crippen LogP contribution >= 0.6 is 23.1 Å². The van der Waals surface area contributed by atoms with Gasteiger partial charge < -0.3 is 10.6 Å². The average molecular weight is 336 g/mol. The molecule has 1 heterocycles. The van der Waals surface area contributed by atoms with Gasteiger partial charge in [0.1, 0.15) is 0 Å². The number of thioether (sulfide) groups is 1. The Kier molecular flexibility index (Phi) is 6.67. The highest BCUT2D eigenvalue weighted by molar-refractivity contribution is 8.01. The molecule has 0 aliphatic rings. The van der Waals surface area contributed by atoms with Crippen molar-refractivity contribution in [2.24, 2.45) is 5.92 Å². The molecular formula is C15H20N4OS2. The van der Waals surface area contributed by atoms with E-state index >= 15 is 0 Å². The molecule has 0 saturated carbocycles. The van der Waals surface area contributed by atoms with E-state index in [4.69, 9.17) is 0 Å². The second-order valence-corrected chi connectivity index (χ2v) is 7.40. The molecule has 0 radical (unpaired) electrons. The van der Waals surface area contributed by atoms with Crippen molar-refractivity contribution in [1.29, 1.82) is 0 Å². The summed E-state index contributed by atoms with van der Waals surface area (Å²) in [5, 5.41) is 15.1. The number of hydrogen-bond donors (Lipinski definition) is 2. The van der Waals surface area contributed by atoms with Crippen molar-refractivity contribution in [3.63, 3.8) is 0 Å². The predicted octanol–water partition coefficient (Wildman–Crippen LogP) is 3.01. The summed E-state index contributed by atoms with van der Waals surface area (Å²) < 4.78 is 0.801. The maximum absolute atomic E-state index is 11.6. The summed E-state index contributed by atoms with van der Waals surface area (Å²) in [7, 11) is 0. The van der Waals surface area contributed by atoms with Crippen molar-refractivity contribution in [2.45, 2.75) is 24.7 Å². The Morgan fingerprint density at radius 2 is 2.05 bits per heavy atom. The highest BCUT2D eigenvalue weighted by Crippen LogP contribution is 2.25. The Morgan fingerprint density at radius 1 is 1.27 bits per heavy atom. The molecule has 0 aliphatic carbocycles. The van der Waals surface area contributed by atoms with Gasteiger partial charge in [0.25, 0.3) is 0 Å². The Balaban J connectivity index is 1.73. The molecule has 0 bridgehead atoms. The molecule has 0 spiro atoms. The third kappa shape index (κ3) is 6.03. The van der Waals surface area contributed by atoms with Crippen LogP contribution in [0.2, 0.25) is 0 Å². The van der Waals surface area contributed by atoms with Crippen molar-refractivity contribution in [3.05, 3.63) is 35.9 Å². The van der Waals surface area contributed by atoms with Gasteiger partial charge in [-0.3, -0.25) is 4.79 Å². The first kappa shape index (κ1) is 16.8. The summed E-state index contributed by atoms with van der Waals surface area (Å²) in [4.78, 5) is 11.6. The summed E-state index contributed by atoms with van der Waals surface area (Å²) >= 11 is 2.88. The zero-order valence-electron chi connectivity index (χ0n) is 12.7. The molecule has 22 heavy (non-hydrogen) atoms. The minimum Gasteiger partial charge on any atom is -0.356 e. The molecule has 2 rings (SSSR count). The fourth-order valence-corrected chi connectivity index (χ4v) is 3.19. The molecule has 2 N–H and O–H groups in total. The van der Waals surface area contributed by atoms with Crippen LogP contribution in [0, 0.1) is 5.92 Å². The van der Waals surface area contributed by atoms with Gasteiger partial charge in [-0.2, -0.15) is 0 Å². The lowest BCUT2D eigenvalue weighted by Gasteiger charge is -2.06. The molecular weight excluding hydrogens is 316 g/mol. The lowest BCUT2D eigenvalue weighted by Crippen LogP contribution is -2.28. The van der Waals surface area contributed by atoms with E-state index in [9.17, 15) is 4.79 Å². The highest BCUT2D eigenvalue weighted by Gasteiger charge is 2.08. The van der Waals surface area contributed by atoms with Crippen LogP contribution in [0.25, 0.3) is 0 Å². The first-order chi connectivity index (χ1) is 10.6. The number of aromatic nitrogens is 2. The standard InChI is InChI=1S/C15H20N4OS2/c1-11(2)8-16-13(20)10-21-15-19-18-14(22-15)17-9-12-6-4-3-5-7-12/h3-7,11H,8-10H2,1-2H3,(H,16,20)(H,17,18). The number of nitrogens with zero attached hydrogens (tertiary/aromatic N) is 2. The zero-order valence-corrected chi connectivity index (χ0v) is 14.3. The lowest BCUT2D eigenvalue weighted by atomic mass is 10.2. The fourth-order valence-electron chi connectivity index (χ4n) is 1.61. The smallest absolute Gasteiger partial charge is 0.230 e. The molecule has 118 valence electrons. The number of nitrogens with one attached hydrogen (secondary N) is 2. The van der Waals surface area contributed by atoms with Crippen LogP contribution in [0.15, 0.2) is 34.7 Å². The molecule has 0 fully saturated rings. The first-order valence-electron chi connectivity index (χ1n) is 7.14. The van der Waals surface area contributed by atoms with E-state index in [0.29, 0.717) is 18.2 Å². The number of amides is 1. The fraction of sp³-hybridized carbons (Fsp3) is 0.400. The van der Waals surface area contributed by atoms with Gasteiger partial charge in [-0.05, 0) is 11.5 Å². The number of hydrogen-bond acceptors (Lipinski definition) is 6. The summed E-state index contributed by atoms with van der Waals surface area (Å²) in [6.45, 7) is 5.57. The maximum Gasteiger partial charge on any atom is 0.230 e. The predicted molar refractivity (Wildman–Crippen MR) is 92.2 cm³/mol. The van der Waals surface area contributed by atoms with Crippen LogP contribution in [-0.4, -0.2) is 28.4 Å². The molecule has 1 aromatic heterocycles. The maximum atomic E-state index is 11.6. The summed E-state index contributed by atoms with van der Waals surface area (Å²) in [5.41, 5.74) is 1.19. The summed E-state index contributed by atoms with van der Waals surface area (Å²) in [5.74, 6) is 0.872. The van der Waals surface area contributed by atoms with Gasteiger partial charge in [-0.25, -0.2) is 0 Å². The molecule has 1 aromatic carbocycles. The van der Waals surface area contributed by atoms with Crippen molar-refractivity contribution >= 4 is 34.1 Å². The monoisotopic (exact) mass is 336 g/mol. The number of carbonyl (C=O) groups is 1. The molecule has 0 saturated heterocycles. The average Bonchev–Trinajstić information content (AvgIpc) is 2.98. The Bertz CT molecular complexity index is 586. The SMILES string of the molecule is CC(C)CNC(=O)CSc1nnc(NCc2ccccc2)s1. The summed E-state index contributed by atoms with van der Waals surface area (Å²) in [6, 6.07) is 10.1. The number of benzene rings is 1. The number of anilines is 1. The van der Waals surface area contributed by atoms with E-state index in [2.05, 4.69) is 46.8 Å². The van der Waals surface area contributed by atoms with Crippen molar-refractivity contribution in [1.82, 2.24) is 15.5 Å². The quantitative estimate of drug-likeness (QED) is 0.725. The number of rotatable bonds is 8. The van der Waals surface area contributed by atoms with Gasteiger partial charge in [0, 0.05) is 13.1 Å². The Morgan fingerprint density at radius 3 is 2.77 bits per heavy atom. The van der Waals surface area contributed by atoms with Crippen molar-refractivity contribution in [2.75, 3.05) is 17.6 Å².